The predicted octanol–water partition coefficient (Wildman–Crippen LogP) is 3.00. The molecule has 1 heterocycles. The summed E-state index contributed by atoms with van der Waals surface area (Å²) in [5, 5.41) is 0. The van der Waals surface area contributed by atoms with Crippen LogP contribution in [0.4, 0.5) is 16.0 Å². The minimum atomic E-state index is -0.313. The van der Waals surface area contributed by atoms with E-state index in [9.17, 15) is 9.18 Å². The van der Waals surface area contributed by atoms with Crippen LogP contribution in [0.15, 0.2) is 40.8 Å². The molecule has 0 unspecified atom stereocenters. The highest BCUT2D eigenvalue weighted by molar-refractivity contribution is 5.72. The lowest BCUT2D eigenvalue weighted by Gasteiger charge is -2.15. The van der Waals surface area contributed by atoms with Crippen LogP contribution in [0.1, 0.15) is 10.6 Å². The van der Waals surface area contributed by atoms with E-state index in [1.54, 1.807) is 36.2 Å². The molecule has 0 aliphatic rings. The zero-order valence-electron chi connectivity index (χ0n) is 8.68. The minimum Gasteiger partial charge on any atom is -0.437 e. The molecular formula is C12H10FNO2. The number of anilines is 2. The molecule has 16 heavy (non-hydrogen) atoms. The molecule has 0 N–H and O–H groups in total. The highest BCUT2D eigenvalue weighted by atomic mass is 19.1. The van der Waals surface area contributed by atoms with Gasteiger partial charge in [-0.2, -0.15) is 0 Å². The van der Waals surface area contributed by atoms with Crippen LogP contribution in [-0.2, 0) is 0 Å². The molecule has 0 saturated heterocycles. The first-order valence-corrected chi connectivity index (χ1v) is 4.75. The van der Waals surface area contributed by atoms with Gasteiger partial charge in [0, 0.05) is 18.8 Å². The van der Waals surface area contributed by atoms with Crippen molar-refractivity contribution in [2.24, 2.45) is 0 Å². The van der Waals surface area contributed by atoms with Crippen molar-refractivity contribution in [1.82, 2.24) is 0 Å². The van der Waals surface area contributed by atoms with Gasteiger partial charge < -0.3 is 9.32 Å². The van der Waals surface area contributed by atoms with E-state index in [4.69, 9.17) is 4.42 Å². The number of halogens is 1. The Bertz CT molecular complexity index is 507. The van der Waals surface area contributed by atoms with Gasteiger partial charge in [-0.3, -0.25) is 4.79 Å². The number of furan rings is 1. The van der Waals surface area contributed by atoms with Crippen LogP contribution in [-0.4, -0.2) is 13.3 Å². The van der Waals surface area contributed by atoms with Crippen molar-refractivity contribution in [3.8, 4) is 0 Å². The Balaban J connectivity index is 2.31. The molecule has 0 saturated carbocycles. The van der Waals surface area contributed by atoms with Crippen LogP contribution < -0.4 is 4.90 Å². The Morgan fingerprint density at radius 3 is 2.75 bits per heavy atom. The van der Waals surface area contributed by atoms with Gasteiger partial charge in [0.1, 0.15) is 5.82 Å². The quantitative estimate of drug-likeness (QED) is 0.744. The lowest BCUT2D eigenvalue weighted by molar-refractivity contribution is 0.110. The molecule has 0 bridgehead atoms. The fourth-order valence-corrected chi connectivity index (χ4v) is 1.40. The maximum Gasteiger partial charge on any atom is 0.200 e. The highest BCUT2D eigenvalue weighted by Crippen LogP contribution is 2.25. The maximum atomic E-state index is 13.0. The second-order valence-corrected chi connectivity index (χ2v) is 3.33. The van der Waals surface area contributed by atoms with Gasteiger partial charge in [-0.25, -0.2) is 4.39 Å². The second-order valence-electron chi connectivity index (χ2n) is 3.33. The number of carbonyl (C=O) groups is 1. The second kappa shape index (κ2) is 4.18. The molecule has 0 atom stereocenters. The third-order valence-corrected chi connectivity index (χ3v) is 2.25. The van der Waals surface area contributed by atoms with Crippen LogP contribution in [0.3, 0.4) is 0 Å². The third kappa shape index (κ3) is 1.95. The van der Waals surface area contributed by atoms with E-state index in [-0.39, 0.29) is 11.6 Å². The molecule has 3 nitrogen and oxygen atoms in total. The summed E-state index contributed by atoms with van der Waals surface area (Å²) in [7, 11) is 1.74. The Kier molecular flexibility index (Phi) is 2.72. The lowest BCUT2D eigenvalue weighted by Crippen LogP contribution is -2.08. The molecule has 0 fully saturated rings. The van der Waals surface area contributed by atoms with Crippen molar-refractivity contribution in [3.05, 3.63) is 48.0 Å². The smallest absolute Gasteiger partial charge is 0.200 e. The predicted molar refractivity (Wildman–Crippen MR) is 58.6 cm³/mol. The van der Waals surface area contributed by atoms with Crippen LogP contribution in [0.2, 0.25) is 0 Å². The van der Waals surface area contributed by atoms with E-state index in [1.807, 2.05) is 0 Å². The van der Waals surface area contributed by atoms with Gasteiger partial charge in [0.2, 0.25) is 0 Å². The van der Waals surface area contributed by atoms with Crippen molar-refractivity contribution in [2.45, 2.75) is 0 Å². The number of rotatable bonds is 3. The van der Waals surface area contributed by atoms with E-state index >= 15 is 0 Å². The summed E-state index contributed by atoms with van der Waals surface area (Å²) in [6, 6.07) is 9.36. The first-order chi connectivity index (χ1) is 7.70. The Morgan fingerprint density at radius 2 is 2.12 bits per heavy atom. The van der Waals surface area contributed by atoms with Crippen LogP contribution in [0, 0.1) is 5.82 Å². The SMILES string of the molecule is CN(c1cccc(F)c1)c1ccc(C=O)o1. The molecule has 4 heteroatoms. The van der Waals surface area contributed by atoms with Crippen molar-refractivity contribution >= 4 is 17.9 Å². The normalized spacial score (nSPS) is 10.1. The number of hydrogen-bond donors (Lipinski definition) is 0. The first-order valence-electron chi connectivity index (χ1n) is 4.75. The molecule has 0 aliphatic heterocycles. The summed E-state index contributed by atoms with van der Waals surface area (Å²) in [4.78, 5) is 12.1. The molecule has 82 valence electrons. The zero-order chi connectivity index (χ0) is 11.5. The van der Waals surface area contributed by atoms with E-state index in [2.05, 4.69) is 0 Å². The molecule has 0 radical (unpaired) electrons. The largest absolute Gasteiger partial charge is 0.437 e. The Morgan fingerprint density at radius 1 is 1.31 bits per heavy atom. The summed E-state index contributed by atoms with van der Waals surface area (Å²) in [6.07, 6.45) is 0.628. The van der Waals surface area contributed by atoms with Crippen LogP contribution in [0.5, 0.6) is 0 Å². The Labute approximate surface area is 92.1 Å². The summed E-state index contributed by atoms with van der Waals surface area (Å²) >= 11 is 0. The summed E-state index contributed by atoms with van der Waals surface area (Å²) in [5.41, 5.74) is 0.659. The van der Waals surface area contributed by atoms with Gasteiger partial charge in [-0.05, 0) is 24.3 Å². The van der Waals surface area contributed by atoms with E-state index in [1.165, 1.54) is 12.1 Å². The van der Waals surface area contributed by atoms with Crippen molar-refractivity contribution in [2.75, 3.05) is 11.9 Å². The fraction of sp³-hybridized carbons (Fsp3) is 0.0833. The summed E-state index contributed by atoms with van der Waals surface area (Å²) < 4.78 is 18.2. The average molecular weight is 219 g/mol. The monoisotopic (exact) mass is 219 g/mol. The third-order valence-electron chi connectivity index (χ3n) is 2.25. The van der Waals surface area contributed by atoms with Crippen LogP contribution in [0.25, 0.3) is 0 Å². The number of benzene rings is 1. The average Bonchev–Trinajstić information content (AvgIpc) is 2.76. The highest BCUT2D eigenvalue weighted by Gasteiger charge is 2.08. The molecule has 0 amide bonds. The topological polar surface area (TPSA) is 33.5 Å². The Hall–Kier alpha value is -2.10. The van der Waals surface area contributed by atoms with Gasteiger partial charge in [0.05, 0.1) is 0 Å². The van der Waals surface area contributed by atoms with Gasteiger partial charge >= 0.3 is 0 Å². The van der Waals surface area contributed by atoms with E-state index in [0.29, 0.717) is 17.9 Å². The van der Waals surface area contributed by atoms with E-state index in [0.717, 1.165) is 0 Å². The maximum absolute atomic E-state index is 13.0. The van der Waals surface area contributed by atoms with Crippen LogP contribution >= 0.6 is 0 Å². The zero-order valence-corrected chi connectivity index (χ0v) is 8.68. The van der Waals surface area contributed by atoms with Crippen molar-refractivity contribution in [1.29, 1.82) is 0 Å². The molecule has 1 aromatic heterocycles. The van der Waals surface area contributed by atoms with Crippen molar-refractivity contribution < 1.29 is 13.6 Å². The van der Waals surface area contributed by atoms with Gasteiger partial charge in [-0.1, -0.05) is 6.07 Å². The lowest BCUT2D eigenvalue weighted by atomic mass is 10.3. The van der Waals surface area contributed by atoms with Crippen molar-refractivity contribution in [3.63, 3.8) is 0 Å². The molecule has 0 spiro atoms. The summed E-state index contributed by atoms with van der Waals surface area (Å²) in [5.74, 6) is 0.428. The molecule has 2 aromatic rings. The van der Waals surface area contributed by atoms with Gasteiger partial charge in [0.15, 0.2) is 17.9 Å². The molecule has 0 aliphatic carbocycles. The fourth-order valence-electron chi connectivity index (χ4n) is 1.40. The standard InChI is InChI=1S/C12H10FNO2/c1-14(10-4-2-3-9(13)7-10)12-6-5-11(8-15)16-12/h2-8H,1H3. The molecule has 1 aromatic carbocycles. The van der Waals surface area contributed by atoms with E-state index < -0.39 is 0 Å². The summed E-state index contributed by atoms with van der Waals surface area (Å²) in [6.45, 7) is 0. The number of aldehydes is 1. The number of carbonyl (C=O) groups excluding carboxylic acids is 1. The molecular weight excluding hydrogens is 209 g/mol. The first kappa shape index (κ1) is 10.4. The number of hydrogen-bond acceptors (Lipinski definition) is 3. The van der Waals surface area contributed by atoms with Gasteiger partial charge in [0.25, 0.3) is 0 Å². The minimum absolute atomic E-state index is 0.248. The van der Waals surface area contributed by atoms with Gasteiger partial charge in [-0.15, -0.1) is 0 Å². The molecule has 2 rings (SSSR count). The number of nitrogens with zero attached hydrogens (tertiary/aromatic N) is 1.